The molecule has 1 amide bonds. The molecule has 0 radical (unpaired) electrons. The maximum absolute atomic E-state index is 12.0. The Morgan fingerprint density at radius 3 is 2.78 bits per heavy atom. The molecule has 0 saturated carbocycles. The number of rotatable bonds is 6. The summed E-state index contributed by atoms with van der Waals surface area (Å²) in [6.45, 7) is 4.30. The predicted molar refractivity (Wildman–Crippen MR) is 65.4 cm³/mol. The lowest BCUT2D eigenvalue weighted by Crippen LogP contribution is -2.36. The first-order valence-electron chi connectivity index (χ1n) is 5.84. The molecule has 1 atom stereocenters. The molecule has 1 unspecified atom stereocenters. The zero-order chi connectivity index (χ0) is 13.7. The molecule has 6 nitrogen and oxygen atoms in total. The van der Waals surface area contributed by atoms with Gasteiger partial charge in [0.1, 0.15) is 5.76 Å². The normalized spacial score (nSPS) is 12.8. The van der Waals surface area contributed by atoms with Crippen LogP contribution >= 0.6 is 0 Å². The third-order valence-electron chi connectivity index (χ3n) is 2.51. The maximum atomic E-state index is 12.0. The van der Waals surface area contributed by atoms with Crippen molar-refractivity contribution < 1.29 is 19.2 Å². The van der Waals surface area contributed by atoms with E-state index in [9.17, 15) is 9.90 Å². The smallest absolute Gasteiger partial charge is 0.275 e. The van der Waals surface area contributed by atoms with Crippen LogP contribution in [0.2, 0.25) is 0 Å². The third-order valence-corrected chi connectivity index (χ3v) is 2.51. The molecular formula is C12H20N2O4. The summed E-state index contributed by atoms with van der Waals surface area (Å²) in [6.07, 6.45) is -0.708. The van der Waals surface area contributed by atoms with Crippen LogP contribution in [0.15, 0.2) is 10.6 Å². The lowest BCUT2D eigenvalue weighted by atomic mass is 10.1. The van der Waals surface area contributed by atoms with Gasteiger partial charge in [0.05, 0.1) is 12.7 Å². The average Bonchev–Trinajstić information content (AvgIpc) is 2.77. The highest BCUT2D eigenvalue weighted by Crippen LogP contribution is 2.15. The van der Waals surface area contributed by atoms with Crippen molar-refractivity contribution in [3.8, 4) is 0 Å². The van der Waals surface area contributed by atoms with Crippen LogP contribution in [-0.4, -0.2) is 54.5 Å². The molecule has 1 heterocycles. The van der Waals surface area contributed by atoms with Gasteiger partial charge >= 0.3 is 0 Å². The Labute approximate surface area is 107 Å². The van der Waals surface area contributed by atoms with Crippen molar-refractivity contribution in [2.75, 3.05) is 27.3 Å². The van der Waals surface area contributed by atoms with Gasteiger partial charge in [0.15, 0.2) is 5.69 Å². The first kappa shape index (κ1) is 14.7. The maximum Gasteiger partial charge on any atom is 0.275 e. The Kier molecular flexibility index (Phi) is 5.30. The Morgan fingerprint density at radius 2 is 2.28 bits per heavy atom. The number of hydrogen-bond acceptors (Lipinski definition) is 5. The van der Waals surface area contributed by atoms with Crippen LogP contribution in [0, 0.1) is 0 Å². The Morgan fingerprint density at radius 1 is 1.61 bits per heavy atom. The molecule has 1 N–H and O–H groups in total. The summed E-state index contributed by atoms with van der Waals surface area (Å²) < 4.78 is 9.87. The van der Waals surface area contributed by atoms with Crippen molar-refractivity contribution >= 4 is 5.91 Å². The summed E-state index contributed by atoms with van der Waals surface area (Å²) in [4.78, 5) is 13.4. The first-order chi connectivity index (χ1) is 8.45. The first-order valence-corrected chi connectivity index (χ1v) is 5.84. The van der Waals surface area contributed by atoms with Gasteiger partial charge in [-0.2, -0.15) is 0 Å². The minimum absolute atomic E-state index is 0.184. The highest BCUT2D eigenvalue weighted by molar-refractivity contribution is 5.92. The van der Waals surface area contributed by atoms with Crippen LogP contribution in [0.3, 0.4) is 0 Å². The van der Waals surface area contributed by atoms with Crippen LogP contribution in [-0.2, 0) is 4.74 Å². The van der Waals surface area contributed by atoms with Crippen molar-refractivity contribution in [3.63, 3.8) is 0 Å². The fraction of sp³-hybridized carbons (Fsp3) is 0.667. The molecule has 0 bridgehead atoms. The van der Waals surface area contributed by atoms with Crippen molar-refractivity contribution in [2.45, 2.75) is 25.9 Å². The van der Waals surface area contributed by atoms with E-state index in [0.717, 1.165) is 0 Å². The highest BCUT2D eigenvalue weighted by Gasteiger charge is 2.20. The SMILES string of the molecule is COCC(O)CN(C)C(=O)c1cc(C(C)C)on1. The molecule has 0 aliphatic heterocycles. The average molecular weight is 256 g/mol. The number of carbonyl (C=O) groups excluding carboxylic acids is 1. The molecule has 102 valence electrons. The molecular weight excluding hydrogens is 236 g/mol. The van der Waals surface area contributed by atoms with Crippen LogP contribution in [0.4, 0.5) is 0 Å². The Bertz CT molecular complexity index is 389. The zero-order valence-corrected chi connectivity index (χ0v) is 11.2. The van der Waals surface area contributed by atoms with E-state index < -0.39 is 6.10 Å². The number of methoxy groups -OCH3 is 1. The number of aliphatic hydroxyl groups is 1. The number of aromatic nitrogens is 1. The van der Waals surface area contributed by atoms with E-state index in [-0.39, 0.29) is 30.7 Å². The lowest BCUT2D eigenvalue weighted by molar-refractivity contribution is 0.0376. The lowest BCUT2D eigenvalue weighted by Gasteiger charge is -2.19. The van der Waals surface area contributed by atoms with Gasteiger partial charge < -0.3 is 19.3 Å². The van der Waals surface area contributed by atoms with Crippen LogP contribution < -0.4 is 0 Å². The van der Waals surface area contributed by atoms with Gasteiger partial charge in [0.25, 0.3) is 5.91 Å². The van der Waals surface area contributed by atoms with E-state index >= 15 is 0 Å². The molecule has 6 heteroatoms. The topological polar surface area (TPSA) is 75.8 Å². The molecule has 0 aromatic carbocycles. The van der Waals surface area contributed by atoms with Crippen molar-refractivity contribution in [2.24, 2.45) is 0 Å². The van der Waals surface area contributed by atoms with Crippen molar-refractivity contribution in [1.29, 1.82) is 0 Å². The standard InChI is InChI=1S/C12H20N2O4/c1-8(2)11-5-10(13-18-11)12(16)14(3)6-9(15)7-17-4/h5,8-9,15H,6-7H2,1-4H3. The second kappa shape index (κ2) is 6.51. The summed E-state index contributed by atoms with van der Waals surface area (Å²) in [6, 6.07) is 1.63. The van der Waals surface area contributed by atoms with E-state index in [0.29, 0.717) is 5.76 Å². The fourth-order valence-electron chi connectivity index (χ4n) is 1.50. The highest BCUT2D eigenvalue weighted by atomic mass is 16.5. The predicted octanol–water partition coefficient (Wildman–Crippen LogP) is 0.877. The Hall–Kier alpha value is -1.40. The van der Waals surface area contributed by atoms with Gasteiger partial charge in [-0.05, 0) is 0 Å². The number of ether oxygens (including phenoxy) is 1. The van der Waals surface area contributed by atoms with E-state index in [1.165, 1.54) is 12.0 Å². The van der Waals surface area contributed by atoms with Crippen LogP contribution in [0.25, 0.3) is 0 Å². The largest absolute Gasteiger partial charge is 0.389 e. The van der Waals surface area contributed by atoms with Crippen LogP contribution in [0.1, 0.15) is 36.0 Å². The second-order valence-electron chi connectivity index (χ2n) is 4.56. The number of aliphatic hydroxyl groups excluding tert-OH is 1. The molecule has 0 saturated heterocycles. The molecule has 1 aromatic heterocycles. The third kappa shape index (κ3) is 3.82. The molecule has 1 rings (SSSR count). The van der Waals surface area contributed by atoms with Crippen LogP contribution in [0.5, 0.6) is 0 Å². The van der Waals surface area contributed by atoms with Crippen molar-refractivity contribution in [1.82, 2.24) is 10.1 Å². The van der Waals surface area contributed by atoms with Gasteiger partial charge in [-0.15, -0.1) is 0 Å². The van der Waals surface area contributed by atoms with Crippen molar-refractivity contribution in [3.05, 3.63) is 17.5 Å². The minimum atomic E-state index is -0.708. The van der Waals surface area contributed by atoms with Gasteiger partial charge in [-0.1, -0.05) is 19.0 Å². The van der Waals surface area contributed by atoms with Gasteiger partial charge in [0, 0.05) is 32.7 Å². The van der Waals surface area contributed by atoms with Gasteiger partial charge in [-0.25, -0.2) is 0 Å². The molecule has 0 aliphatic carbocycles. The van der Waals surface area contributed by atoms with E-state index in [1.54, 1.807) is 13.1 Å². The quantitative estimate of drug-likeness (QED) is 0.817. The van der Waals surface area contributed by atoms with E-state index in [2.05, 4.69) is 5.16 Å². The van der Waals surface area contributed by atoms with Gasteiger partial charge in [-0.3, -0.25) is 4.79 Å². The summed E-state index contributed by atoms with van der Waals surface area (Å²) >= 11 is 0. The minimum Gasteiger partial charge on any atom is -0.389 e. The second-order valence-corrected chi connectivity index (χ2v) is 4.56. The number of hydrogen-bond donors (Lipinski definition) is 1. The monoisotopic (exact) mass is 256 g/mol. The molecule has 0 spiro atoms. The Balaban J connectivity index is 2.62. The molecule has 18 heavy (non-hydrogen) atoms. The summed E-state index contributed by atoms with van der Waals surface area (Å²) in [5, 5.41) is 13.3. The molecule has 0 fully saturated rings. The number of likely N-dealkylation sites (N-methyl/N-ethyl adjacent to an activating group) is 1. The summed E-state index contributed by atoms with van der Waals surface area (Å²) in [5.41, 5.74) is 0.255. The summed E-state index contributed by atoms with van der Waals surface area (Å²) in [5.74, 6) is 0.577. The molecule has 0 aliphatic rings. The zero-order valence-electron chi connectivity index (χ0n) is 11.2. The summed E-state index contributed by atoms with van der Waals surface area (Å²) in [7, 11) is 3.10. The van der Waals surface area contributed by atoms with E-state index in [1.807, 2.05) is 13.8 Å². The van der Waals surface area contributed by atoms with Gasteiger partial charge in [0.2, 0.25) is 0 Å². The number of amides is 1. The number of nitrogens with zero attached hydrogens (tertiary/aromatic N) is 2. The fourth-order valence-corrected chi connectivity index (χ4v) is 1.50. The number of carbonyl (C=O) groups is 1. The van der Waals surface area contributed by atoms with E-state index in [4.69, 9.17) is 9.26 Å². The molecule has 1 aromatic rings.